The second-order valence-electron chi connectivity index (χ2n) is 16.5. The Morgan fingerprint density at radius 3 is 0.925 bits per heavy atom. The second kappa shape index (κ2) is 41.6. The molecule has 0 aliphatic heterocycles. The summed E-state index contributed by atoms with van der Waals surface area (Å²) >= 11 is 0. The van der Waals surface area contributed by atoms with Gasteiger partial charge in [0.1, 0.15) is 13.2 Å². The lowest BCUT2D eigenvalue weighted by Crippen LogP contribution is -2.30. The van der Waals surface area contributed by atoms with Gasteiger partial charge in [0.05, 0.1) is 0 Å². The molecule has 0 saturated heterocycles. The van der Waals surface area contributed by atoms with Crippen LogP contribution in [0.15, 0.2) is 0 Å². The van der Waals surface area contributed by atoms with Gasteiger partial charge in [0.2, 0.25) is 0 Å². The van der Waals surface area contributed by atoms with Gasteiger partial charge in [-0.05, 0) is 25.2 Å². The van der Waals surface area contributed by atoms with E-state index in [2.05, 4.69) is 27.7 Å². The molecule has 0 fully saturated rings. The van der Waals surface area contributed by atoms with Crippen LogP contribution in [0.5, 0.6) is 0 Å². The van der Waals surface area contributed by atoms with Crippen molar-refractivity contribution in [1.82, 2.24) is 0 Å². The maximum Gasteiger partial charge on any atom is 0.306 e. The lowest BCUT2D eigenvalue weighted by molar-refractivity contribution is -0.167. The van der Waals surface area contributed by atoms with Gasteiger partial charge in [-0.1, -0.05) is 220 Å². The Hall–Kier alpha value is -1.59. The monoisotopic (exact) mass is 751 g/mol. The van der Waals surface area contributed by atoms with Gasteiger partial charge < -0.3 is 14.2 Å². The summed E-state index contributed by atoms with van der Waals surface area (Å²) in [7, 11) is 0. The predicted molar refractivity (Wildman–Crippen MR) is 224 cm³/mol. The van der Waals surface area contributed by atoms with E-state index in [0.29, 0.717) is 19.3 Å². The molecule has 0 radical (unpaired) electrons. The maximum absolute atomic E-state index is 12.7. The second-order valence-corrected chi connectivity index (χ2v) is 16.5. The Kier molecular flexibility index (Phi) is 40.3. The molecule has 1 atom stereocenters. The Labute approximate surface area is 329 Å². The fourth-order valence-electron chi connectivity index (χ4n) is 6.98. The van der Waals surface area contributed by atoms with E-state index in [-0.39, 0.29) is 31.1 Å². The Morgan fingerprint density at radius 1 is 0.358 bits per heavy atom. The molecule has 0 aromatic carbocycles. The van der Waals surface area contributed by atoms with Gasteiger partial charge in [-0.25, -0.2) is 0 Å². The Bertz CT molecular complexity index is 796. The van der Waals surface area contributed by atoms with Crippen molar-refractivity contribution in [1.29, 1.82) is 0 Å². The van der Waals surface area contributed by atoms with Crippen LogP contribution in [0.25, 0.3) is 0 Å². The summed E-state index contributed by atoms with van der Waals surface area (Å²) in [6, 6.07) is 0. The summed E-state index contributed by atoms with van der Waals surface area (Å²) in [5.41, 5.74) is 0. The number of esters is 3. The van der Waals surface area contributed by atoms with Crippen LogP contribution < -0.4 is 0 Å². The smallest absolute Gasteiger partial charge is 0.306 e. The molecule has 0 rings (SSSR count). The van der Waals surface area contributed by atoms with Gasteiger partial charge >= 0.3 is 17.9 Å². The molecule has 0 aromatic heterocycles. The van der Waals surface area contributed by atoms with E-state index in [9.17, 15) is 14.4 Å². The molecule has 6 heteroatoms. The molecule has 0 aliphatic carbocycles. The summed E-state index contributed by atoms with van der Waals surface area (Å²) in [6.07, 6.45) is 40.9. The average Bonchev–Trinajstić information content (AvgIpc) is 3.14. The van der Waals surface area contributed by atoms with Crippen molar-refractivity contribution in [3.05, 3.63) is 0 Å². The van der Waals surface area contributed by atoms with Crippen LogP contribution in [-0.2, 0) is 28.6 Å². The molecular weight excluding hydrogens is 661 g/mol. The van der Waals surface area contributed by atoms with E-state index in [1.165, 1.54) is 154 Å². The van der Waals surface area contributed by atoms with E-state index in [0.717, 1.165) is 63.7 Å². The van der Waals surface area contributed by atoms with Gasteiger partial charge in [-0.15, -0.1) is 0 Å². The first-order valence-electron chi connectivity index (χ1n) is 23.4. The van der Waals surface area contributed by atoms with E-state index < -0.39 is 6.10 Å². The standard InChI is InChI=1S/C47H90O6/c1-5-7-9-11-13-15-16-17-18-19-20-22-26-30-34-38-45(48)51-41-44(53-47(50)40-36-32-28-21-14-12-10-8-6-2)42-52-46(49)39-35-31-27-24-23-25-29-33-37-43(3)4/h43-44H,5-42H2,1-4H3/t44-/m1/s1. The van der Waals surface area contributed by atoms with Gasteiger partial charge in [-0.3, -0.25) is 14.4 Å². The first-order valence-corrected chi connectivity index (χ1v) is 23.4. The SMILES string of the molecule is CCCCCCCCCCCCCCCCCC(=O)OC[C@H](COC(=O)CCCCCCCCCCC(C)C)OC(=O)CCCCCCCCCCC. The minimum atomic E-state index is -0.759. The fraction of sp³-hybridized carbons (Fsp3) is 0.936. The quantitative estimate of drug-likeness (QED) is 0.0351. The zero-order valence-corrected chi connectivity index (χ0v) is 36.0. The molecule has 0 N–H and O–H groups in total. The zero-order chi connectivity index (χ0) is 38.9. The van der Waals surface area contributed by atoms with E-state index >= 15 is 0 Å². The largest absolute Gasteiger partial charge is 0.462 e. The number of hydrogen-bond donors (Lipinski definition) is 0. The van der Waals surface area contributed by atoms with Gasteiger partial charge in [0.25, 0.3) is 0 Å². The molecule has 0 spiro atoms. The van der Waals surface area contributed by atoms with Crippen molar-refractivity contribution in [2.75, 3.05) is 13.2 Å². The van der Waals surface area contributed by atoms with Crippen LogP contribution in [0, 0.1) is 5.92 Å². The summed E-state index contributed by atoms with van der Waals surface area (Å²) < 4.78 is 16.7. The molecule has 0 aliphatic rings. The lowest BCUT2D eigenvalue weighted by Gasteiger charge is -2.18. The topological polar surface area (TPSA) is 78.9 Å². The number of ether oxygens (including phenoxy) is 3. The molecule has 0 bridgehead atoms. The molecule has 6 nitrogen and oxygen atoms in total. The van der Waals surface area contributed by atoms with Crippen LogP contribution >= 0.6 is 0 Å². The Balaban J connectivity index is 4.27. The molecule has 0 unspecified atom stereocenters. The van der Waals surface area contributed by atoms with E-state index in [1.807, 2.05) is 0 Å². The number of hydrogen-bond acceptors (Lipinski definition) is 6. The van der Waals surface area contributed by atoms with Crippen LogP contribution in [0.3, 0.4) is 0 Å². The van der Waals surface area contributed by atoms with Gasteiger partial charge in [-0.2, -0.15) is 0 Å². The third kappa shape index (κ3) is 41.4. The third-order valence-corrected chi connectivity index (χ3v) is 10.5. The number of carbonyl (C=O) groups excluding carboxylic acids is 3. The van der Waals surface area contributed by atoms with E-state index in [4.69, 9.17) is 14.2 Å². The van der Waals surface area contributed by atoms with E-state index in [1.54, 1.807) is 0 Å². The van der Waals surface area contributed by atoms with Crippen molar-refractivity contribution in [2.24, 2.45) is 5.92 Å². The third-order valence-electron chi connectivity index (χ3n) is 10.5. The van der Waals surface area contributed by atoms with Gasteiger partial charge in [0, 0.05) is 19.3 Å². The first-order chi connectivity index (χ1) is 25.9. The van der Waals surface area contributed by atoms with Crippen LogP contribution in [0.1, 0.15) is 259 Å². The minimum Gasteiger partial charge on any atom is -0.462 e. The summed E-state index contributed by atoms with van der Waals surface area (Å²) in [5.74, 6) is -0.0597. The number of carbonyl (C=O) groups is 3. The minimum absolute atomic E-state index is 0.0640. The summed E-state index contributed by atoms with van der Waals surface area (Å²) in [5, 5.41) is 0. The molecular formula is C47H90O6. The van der Waals surface area contributed by atoms with Crippen molar-refractivity contribution >= 4 is 17.9 Å². The molecule has 0 heterocycles. The molecule has 0 aromatic rings. The fourth-order valence-corrected chi connectivity index (χ4v) is 6.98. The zero-order valence-electron chi connectivity index (χ0n) is 36.0. The highest BCUT2D eigenvalue weighted by Gasteiger charge is 2.19. The highest BCUT2D eigenvalue weighted by molar-refractivity contribution is 5.71. The van der Waals surface area contributed by atoms with Crippen LogP contribution in [0.4, 0.5) is 0 Å². The maximum atomic E-state index is 12.7. The van der Waals surface area contributed by atoms with Crippen LogP contribution in [-0.4, -0.2) is 37.2 Å². The van der Waals surface area contributed by atoms with Crippen molar-refractivity contribution in [3.8, 4) is 0 Å². The molecule has 53 heavy (non-hydrogen) atoms. The highest BCUT2D eigenvalue weighted by Crippen LogP contribution is 2.16. The lowest BCUT2D eigenvalue weighted by atomic mass is 10.0. The molecule has 0 amide bonds. The normalized spacial score (nSPS) is 11.9. The number of unbranched alkanes of at least 4 members (excludes halogenated alkanes) is 29. The van der Waals surface area contributed by atoms with Crippen LogP contribution in [0.2, 0.25) is 0 Å². The molecule has 314 valence electrons. The highest BCUT2D eigenvalue weighted by atomic mass is 16.6. The molecule has 0 saturated carbocycles. The Morgan fingerprint density at radius 2 is 0.623 bits per heavy atom. The van der Waals surface area contributed by atoms with Crippen molar-refractivity contribution in [3.63, 3.8) is 0 Å². The average molecular weight is 751 g/mol. The van der Waals surface area contributed by atoms with Gasteiger partial charge in [0.15, 0.2) is 6.10 Å². The summed E-state index contributed by atoms with van der Waals surface area (Å²) in [6.45, 7) is 8.95. The van der Waals surface area contributed by atoms with Crippen molar-refractivity contribution < 1.29 is 28.6 Å². The summed E-state index contributed by atoms with van der Waals surface area (Å²) in [4.78, 5) is 37.7. The van der Waals surface area contributed by atoms with Crippen molar-refractivity contribution in [2.45, 2.75) is 265 Å². The predicted octanol–water partition coefficient (Wildman–Crippen LogP) is 14.7. The first kappa shape index (κ1) is 51.4. The number of rotatable bonds is 42.